The average Bonchev–Trinajstić information content (AvgIpc) is 2.45. The number of amides is 1. The highest BCUT2D eigenvalue weighted by atomic mass is 16.1. The molecule has 108 valence electrons. The van der Waals surface area contributed by atoms with Gasteiger partial charge in [-0.3, -0.25) is 14.8 Å². The summed E-state index contributed by atoms with van der Waals surface area (Å²) in [6, 6.07) is 0. The first-order valence-corrected chi connectivity index (χ1v) is 7.56. The highest BCUT2D eigenvalue weighted by Gasteiger charge is 2.11. The fraction of sp³-hybridized carbons (Fsp3) is 0.562. The van der Waals surface area contributed by atoms with Gasteiger partial charge in [0.05, 0.1) is 11.9 Å². The summed E-state index contributed by atoms with van der Waals surface area (Å²) in [6.45, 7) is 0.795. The lowest BCUT2D eigenvalue weighted by Gasteiger charge is -2.19. The summed E-state index contributed by atoms with van der Waals surface area (Å²) in [5.74, 6) is 0.599. The summed E-state index contributed by atoms with van der Waals surface area (Å²) in [5, 5.41) is 3.00. The monoisotopic (exact) mass is 273 g/mol. The molecule has 0 aromatic carbocycles. The second-order valence-electron chi connectivity index (χ2n) is 5.42. The van der Waals surface area contributed by atoms with Crippen LogP contribution in [0.2, 0.25) is 0 Å². The van der Waals surface area contributed by atoms with Gasteiger partial charge >= 0.3 is 0 Å². The van der Waals surface area contributed by atoms with Gasteiger partial charge < -0.3 is 5.32 Å². The third-order valence-corrected chi connectivity index (χ3v) is 3.78. The lowest BCUT2D eigenvalue weighted by Crippen LogP contribution is -2.28. The van der Waals surface area contributed by atoms with E-state index in [1.54, 1.807) is 24.7 Å². The number of hydrogen-bond acceptors (Lipinski definition) is 3. The van der Waals surface area contributed by atoms with Crippen LogP contribution < -0.4 is 5.32 Å². The maximum Gasteiger partial charge on any atom is 0.244 e. The van der Waals surface area contributed by atoms with Crippen molar-refractivity contribution in [2.75, 3.05) is 6.54 Å². The Hall–Kier alpha value is -1.71. The van der Waals surface area contributed by atoms with E-state index in [2.05, 4.69) is 15.3 Å². The Labute approximate surface area is 120 Å². The first-order chi connectivity index (χ1) is 9.84. The Morgan fingerprint density at radius 1 is 1.20 bits per heavy atom. The van der Waals surface area contributed by atoms with Crippen LogP contribution in [0.15, 0.2) is 24.7 Å². The summed E-state index contributed by atoms with van der Waals surface area (Å²) in [6.07, 6.45) is 17.3. The van der Waals surface area contributed by atoms with Gasteiger partial charge in [-0.2, -0.15) is 0 Å². The largest absolute Gasteiger partial charge is 0.352 e. The summed E-state index contributed by atoms with van der Waals surface area (Å²) in [5.41, 5.74) is 0.702. The van der Waals surface area contributed by atoms with Crippen LogP contribution in [0.1, 0.15) is 50.6 Å². The molecule has 0 spiro atoms. The molecule has 1 amide bonds. The van der Waals surface area contributed by atoms with Gasteiger partial charge in [0, 0.05) is 25.0 Å². The number of rotatable bonds is 4. The molecule has 0 saturated heterocycles. The van der Waals surface area contributed by atoms with Crippen LogP contribution in [0, 0.1) is 5.92 Å². The molecule has 1 aromatic heterocycles. The molecule has 1 N–H and O–H groups in total. The van der Waals surface area contributed by atoms with Crippen LogP contribution in [0.3, 0.4) is 0 Å². The molecule has 0 atom stereocenters. The first-order valence-electron chi connectivity index (χ1n) is 7.56. The Bertz CT molecular complexity index is 423. The zero-order valence-corrected chi connectivity index (χ0v) is 11.9. The van der Waals surface area contributed by atoms with Crippen LogP contribution in [0.4, 0.5) is 0 Å². The van der Waals surface area contributed by atoms with Crippen LogP contribution >= 0.6 is 0 Å². The van der Waals surface area contributed by atoms with Crippen molar-refractivity contribution >= 4 is 12.0 Å². The smallest absolute Gasteiger partial charge is 0.244 e. The zero-order valence-electron chi connectivity index (χ0n) is 11.9. The third kappa shape index (κ3) is 5.51. The van der Waals surface area contributed by atoms with Crippen LogP contribution in [-0.2, 0) is 4.79 Å². The van der Waals surface area contributed by atoms with E-state index in [1.165, 1.54) is 51.0 Å². The topological polar surface area (TPSA) is 54.9 Å². The Morgan fingerprint density at radius 3 is 2.65 bits per heavy atom. The van der Waals surface area contributed by atoms with Crippen molar-refractivity contribution in [2.24, 2.45) is 5.92 Å². The Kier molecular flexibility index (Phi) is 6.21. The van der Waals surface area contributed by atoms with Gasteiger partial charge in [0.15, 0.2) is 0 Å². The van der Waals surface area contributed by atoms with Gasteiger partial charge in [0.2, 0.25) is 5.91 Å². The van der Waals surface area contributed by atoms with E-state index < -0.39 is 0 Å². The molecular formula is C16H23N3O. The maximum absolute atomic E-state index is 11.8. The number of nitrogens with one attached hydrogen (secondary N) is 1. The fourth-order valence-corrected chi connectivity index (χ4v) is 2.61. The van der Waals surface area contributed by atoms with E-state index in [1.807, 2.05) is 0 Å². The molecule has 4 heteroatoms. The van der Waals surface area contributed by atoms with E-state index in [9.17, 15) is 4.79 Å². The Balaban J connectivity index is 1.72. The molecule has 1 fully saturated rings. The lowest BCUT2D eigenvalue weighted by atomic mass is 9.91. The van der Waals surface area contributed by atoms with Crippen molar-refractivity contribution in [2.45, 2.75) is 44.9 Å². The van der Waals surface area contributed by atoms with Crippen molar-refractivity contribution in [1.29, 1.82) is 0 Å². The Morgan fingerprint density at radius 2 is 1.95 bits per heavy atom. The number of nitrogens with zero attached hydrogens (tertiary/aromatic N) is 2. The number of hydrogen-bond donors (Lipinski definition) is 1. The summed E-state index contributed by atoms with van der Waals surface area (Å²) in [4.78, 5) is 19.8. The summed E-state index contributed by atoms with van der Waals surface area (Å²) in [7, 11) is 0. The standard InChI is InChI=1S/C16H23N3O/c20-16(9-8-15-13-17-10-11-18-15)19-12-14-6-4-2-1-3-5-7-14/h8-11,13-14H,1-7,12H2,(H,19,20)/b9-8+. The molecule has 4 nitrogen and oxygen atoms in total. The van der Waals surface area contributed by atoms with Gasteiger partial charge in [-0.25, -0.2) is 0 Å². The van der Waals surface area contributed by atoms with E-state index in [0.717, 1.165) is 6.54 Å². The van der Waals surface area contributed by atoms with Crippen molar-refractivity contribution in [1.82, 2.24) is 15.3 Å². The van der Waals surface area contributed by atoms with E-state index in [-0.39, 0.29) is 5.91 Å². The quantitative estimate of drug-likeness (QED) is 0.858. The molecular weight excluding hydrogens is 250 g/mol. The number of carbonyl (C=O) groups is 1. The summed E-state index contributed by atoms with van der Waals surface area (Å²) < 4.78 is 0. The van der Waals surface area contributed by atoms with Gasteiger partial charge in [0.1, 0.15) is 0 Å². The highest BCUT2D eigenvalue weighted by molar-refractivity contribution is 5.91. The first kappa shape index (κ1) is 14.7. The van der Waals surface area contributed by atoms with Crippen LogP contribution in [0.25, 0.3) is 6.08 Å². The molecule has 1 aromatic rings. The van der Waals surface area contributed by atoms with Crippen molar-refractivity contribution in [3.05, 3.63) is 30.4 Å². The zero-order chi connectivity index (χ0) is 14.0. The van der Waals surface area contributed by atoms with Crippen LogP contribution in [-0.4, -0.2) is 22.4 Å². The van der Waals surface area contributed by atoms with E-state index in [0.29, 0.717) is 11.6 Å². The van der Waals surface area contributed by atoms with Crippen molar-refractivity contribution in [3.8, 4) is 0 Å². The van der Waals surface area contributed by atoms with Crippen molar-refractivity contribution in [3.63, 3.8) is 0 Å². The lowest BCUT2D eigenvalue weighted by molar-refractivity contribution is -0.116. The van der Waals surface area contributed by atoms with Gasteiger partial charge in [-0.1, -0.05) is 32.1 Å². The predicted molar refractivity (Wildman–Crippen MR) is 79.9 cm³/mol. The molecule has 20 heavy (non-hydrogen) atoms. The molecule has 1 aliphatic rings. The number of aromatic nitrogens is 2. The molecule has 2 rings (SSSR count). The molecule has 1 aliphatic carbocycles. The number of carbonyl (C=O) groups excluding carboxylic acids is 1. The third-order valence-electron chi connectivity index (χ3n) is 3.78. The second-order valence-corrected chi connectivity index (χ2v) is 5.42. The minimum absolute atomic E-state index is 0.0438. The van der Waals surface area contributed by atoms with Crippen molar-refractivity contribution < 1.29 is 4.79 Å². The molecule has 0 aliphatic heterocycles. The molecule has 1 heterocycles. The minimum atomic E-state index is -0.0438. The molecule has 1 saturated carbocycles. The normalized spacial score (nSPS) is 17.6. The molecule has 0 bridgehead atoms. The average molecular weight is 273 g/mol. The van der Waals surface area contributed by atoms with Gasteiger partial charge in [-0.15, -0.1) is 0 Å². The van der Waals surface area contributed by atoms with Crippen LogP contribution in [0.5, 0.6) is 0 Å². The van der Waals surface area contributed by atoms with E-state index >= 15 is 0 Å². The maximum atomic E-state index is 11.8. The van der Waals surface area contributed by atoms with E-state index in [4.69, 9.17) is 0 Å². The highest BCUT2D eigenvalue weighted by Crippen LogP contribution is 2.21. The second kappa shape index (κ2) is 8.46. The minimum Gasteiger partial charge on any atom is -0.352 e. The predicted octanol–water partition coefficient (Wildman–Crippen LogP) is 2.97. The SMILES string of the molecule is O=C(/C=C/c1cnccn1)NCC1CCCCCCC1. The fourth-order valence-electron chi connectivity index (χ4n) is 2.61. The van der Waals surface area contributed by atoms with Gasteiger partial charge in [-0.05, 0) is 24.8 Å². The van der Waals surface area contributed by atoms with Gasteiger partial charge in [0.25, 0.3) is 0 Å². The molecule has 0 unspecified atom stereocenters. The summed E-state index contributed by atoms with van der Waals surface area (Å²) >= 11 is 0. The molecule has 0 radical (unpaired) electrons.